The molecule has 0 saturated carbocycles. The summed E-state index contributed by atoms with van der Waals surface area (Å²) in [6.07, 6.45) is 2.09. The van der Waals surface area contributed by atoms with E-state index in [1.807, 2.05) is 37.3 Å². The minimum atomic E-state index is -0.0315. The molecular weight excluding hydrogens is 260 g/mol. The van der Waals surface area contributed by atoms with Crippen LogP contribution in [-0.4, -0.2) is 16.5 Å². The lowest BCUT2D eigenvalue weighted by Crippen LogP contribution is -2.04. The largest absolute Gasteiger partial charge is 0.293 e. The molecule has 0 radical (unpaired) electrons. The number of carbonyl (C=O) groups excluding carboxylic acids is 1. The fourth-order valence-corrected chi connectivity index (χ4v) is 2.17. The Hall–Kier alpha value is -2.29. The molecule has 0 fully saturated rings. The molecule has 0 spiro atoms. The maximum absolute atomic E-state index is 11.4. The molecule has 0 aliphatic rings. The van der Waals surface area contributed by atoms with E-state index in [0.717, 1.165) is 29.9 Å². The number of pyridine rings is 1. The number of nitrogens with zero attached hydrogens (tertiary/aromatic N) is 2. The Morgan fingerprint density at radius 2 is 1.76 bits per heavy atom. The number of rotatable bonds is 5. The summed E-state index contributed by atoms with van der Waals surface area (Å²) >= 11 is 0. The minimum absolute atomic E-state index is 0.0315. The van der Waals surface area contributed by atoms with Crippen molar-refractivity contribution in [2.24, 2.45) is 4.99 Å². The first kappa shape index (κ1) is 15.1. The fourth-order valence-electron chi connectivity index (χ4n) is 2.17. The summed E-state index contributed by atoms with van der Waals surface area (Å²) in [6.45, 7) is 5.61. The van der Waals surface area contributed by atoms with Crippen LogP contribution in [0.1, 0.15) is 48.9 Å². The second kappa shape index (κ2) is 6.93. The molecule has 0 amide bonds. The van der Waals surface area contributed by atoms with E-state index in [0.29, 0.717) is 5.69 Å². The van der Waals surface area contributed by atoms with Crippen LogP contribution in [0.25, 0.3) is 0 Å². The molecule has 2 aromatic rings. The third-order valence-corrected chi connectivity index (χ3v) is 3.28. The van der Waals surface area contributed by atoms with E-state index in [9.17, 15) is 4.79 Å². The van der Waals surface area contributed by atoms with E-state index in [1.165, 1.54) is 12.5 Å². The van der Waals surface area contributed by atoms with Crippen molar-refractivity contribution >= 4 is 17.2 Å². The van der Waals surface area contributed by atoms with Crippen LogP contribution in [0.4, 0.5) is 5.69 Å². The first-order valence-corrected chi connectivity index (χ1v) is 7.23. The maximum atomic E-state index is 11.4. The van der Waals surface area contributed by atoms with E-state index in [-0.39, 0.29) is 5.78 Å². The van der Waals surface area contributed by atoms with Gasteiger partial charge in [-0.15, -0.1) is 0 Å². The van der Waals surface area contributed by atoms with Crippen molar-refractivity contribution in [2.45, 2.75) is 33.6 Å². The van der Waals surface area contributed by atoms with Gasteiger partial charge in [-0.1, -0.05) is 37.6 Å². The van der Waals surface area contributed by atoms with Gasteiger partial charge >= 0.3 is 0 Å². The van der Waals surface area contributed by atoms with Crippen LogP contribution in [0, 0.1) is 0 Å². The molecule has 0 aliphatic carbocycles. The average molecular weight is 280 g/mol. The van der Waals surface area contributed by atoms with Gasteiger partial charge in [0.05, 0.1) is 17.1 Å². The summed E-state index contributed by atoms with van der Waals surface area (Å²) in [6, 6.07) is 13.6. The highest BCUT2D eigenvalue weighted by molar-refractivity contribution is 6.00. The number of aliphatic imine (C=N–C) groups is 1. The Balaban J connectivity index is 2.37. The van der Waals surface area contributed by atoms with E-state index in [2.05, 4.69) is 18.0 Å². The average Bonchev–Trinajstić information content (AvgIpc) is 2.49. The minimum Gasteiger partial charge on any atom is -0.293 e. The van der Waals surface area contributed by atoms with Crippen molar-refractivity contribution in [2.75, 3.05) is 0 Å². The third-order valence-electron chi connectivity index (χ3n) is 3.28. The van der Waals surface area contributed by atoms with Crippen LogP contribution in [0.3, 0.4) is 0 Å². The zero-order valence-corrected chi connectivity index (χ0v) is 12.8. The number of hydrogen-bond acceptors (Lipinski definition) is 3. The highest BCUT2D eigenvalue weighted by Gasteiger charge is 2.06. The summed E-state index contributed by atoms with van der Waals surface area (Å²) in [4.78, 5) is 20.5. The Labute approximate surface area is 125 Å². The number of Topliss-reactive ketones (excluding diaryl/α,β-unsaturated/α-hetero) is 1. The summed E-state index contributed by atoms with van der Waals surface area (Å²) in [5.41, 5.74) is 4.26. The van der Waals surface area contributed by atoms with Crippen molar-refractivity contribution in [3.8, 4) is 0 Å². The zero-order chi connectivity index (χ0) is 15.2. The molecular formula is C18H20N2O. The number of hydrogen-bond donors (Lipinski definition) is 0. The Morgan fingerprint density at radius 3 is 2.48 bits per heavy atom. The van der Waals surface area contributed by atoms with Crippen LogP contribution in [0.5, 0.6) is 0 Å². The second-order valence-corrected chi connectivity index (χ2v) is 5.04. The highest BCUT2D eigenvalue weighted by atomic mass is 16.1. The molecule has 0 aliphatic heterocycles. The van der Waals surface area contributed by atoms with Gasteiger partial charge in [-0.05, 0) is 37.1 Å². The van der Waals surface area contributed by atoms with Crippen LogP contribution >= 0.6 is 0 Å². The topological polar surface area (TPSA) is 42.3 Å². The third kappa shape index (κ3) is 3.85. The van der Waals surface area contributed by atoms with Crippen molar-refractivity contribution in [1.29, 1.82) is 0 Å². The molecule has 0 atom stereocenters. The Kier molecular flexibility index (Phi) is 4.99. The molecule has 0 saturated heterocycles. The van der Waals surface area contributed by atoms with Crippen LogP contribution in [-0.2, 0) is 6.42 Å². The van der Waals surface area contributed by atoms with Gasteiger partial charge < -0.3 is 0 Å². The lowest BCUT2D eigenvalue weighted by atomic mass is 10.1. The molecule has 2 rings (SSSR count). The predicted octanol–water partition coefficient (Wildman–Crippen LogP) is 4.38. The molecule has 0 bridgehead atoms. The first-order chi connectivity index (χ1) is 10.1. The molecule has 0 unspecified atom stereocenters. The number of para-hydroxylation sites is 1. The van der Waals surface area contributed by atoms with E-state index < -0.39 is 0 Å². The van der Waals surface area contributed by atoms with Crippen LogP contribution in [0.2, 0.25) is 0 Å². The molecule has 3 heteroatoms. The van der Waals surface area contributed by atoms with Gasteiger partial charge in [-0.2, -0.15) is 0 Å². The van der Waals surface area contributed by atoms with Gasteiger partial charge in [-0.3, -0.25) is 9.79 Å². The number of ketones is 1. The van der Waals surface area contributed by atoms with Crippen LogP contribution < -0.4 is 0 Å². The van der Waals surface area contributed by atoms with E-state index in [4.69, 9.17) is 4.99 Å². The normalized spacial score (nSPS) is 11.5. The fraction of sp³-hybridized carbons (Fsp3) is 0.278. The van der Waals surface area contributed by atoms with E-state index >= 15 is 0 Å². The quantitative estimate of drug-likeness (QED) is 0.602. The first-order valence-electron chi connectivity index (χ1n) is 7.23. The molecule has 1 aromatic heterocycles. The lowest BCUT2D eigenvalue weighted by molar-refractivity contribution is 0.101. The van der Waals surface area contributed by atoms with Crippen molar-refractivity contribution in [3.63, 3.8) is 0 Å². The summed E-state index contributed by atoms with van der Waals surface area (Å²) in [5.74, 6) is -0.0315. The summed E-state index contributed by atoms with van der Waals surface area (Å²) in [7, 11) is 0. The summed E-state index contributed by atoms with van der Waals surface area (Å²) in [5, 5.41) is 0. The van der Waals surface area contributed by atoms with Crippen molar-refractivity contribution in [3.05, 3.63) is 59.4 Å². The van der Waals surface area contributed by atoms with Gasteiger partial charge in [0.2, 0.25) is 0 Å². The maximum Gasteiger partial charge on any atom is 0.178 e. The van der Waals surface area contributed by atoms with Gasteiger partial charge in [0, 0.05) is 6.92 Å². The van der Waals surface area contributed by atoms with Crippen molar-refractivity contribution in [1.82, 2.24) is 4.98 Å². The predicted molar refractivity (Wildman–Crippen MR) is 86.5 cm³/mol. The smallest absolute Gasteiger partial charge is 0.178 e. The van der Waals surface area contributed by atoms with Gasteiger partial charge in [0.25, 0.3) is 0 Å². The molecule has 108 valence electrons. The second-order valence-electron chi connectivity index (χ2n) is 5.04. The summed E-state index contributed by atoms with van der Waals surface area (Å²) < 4.78 is 0. The monoisotopic (exact) mass is 280 g/mol. The Bertz CT molecular complexity index is 674. The van der Waals surface area contributed by atoms with Gasteiger partial charge in [-0.25, -0.2) is 4.98 Å². The SMILES string of the molecule is CCCc1ccccc1N=C(C)c1cccc(C(C)=O)n1. The van der Waals surface area contributed by atoms with Gasteiger partial charge in [0.15, 0.2) is 5.78 Å². The number of carbonyl (C=O) groups is 1. The number of aromatic nitrogens is 1. The molecule has 1 heterocycles. The Morgan fingerprint density at radius 1 is 1.05 bits per heavy atom. The number of benzene rings is 1. The molecule has 0 N–H and O–H groups in total. The molecule has 3 nitrogen and oxygen atoms in total. The van der Waals surface area contributed by atoms with Crippen LogP contribution in [0.15, 0.2) is 47.5 Å². The molecule has 21 heavy (non-hydrogen) atoms. The van der Waals surface area contributed by atoms with Crippen molar-refractivity contribution < 1.29 is 4.79 Å². The highest BCUT2D eigenvalue weighted by Crippen LogP contribution is 2.21. The van der Waals surface area contributed by atoms with Gasteiger partial charge in [0.1, 0.15) is 5.69 Å². The van der Waals surface area contributed by atoms with E-state index in [1.54, 1.807) is 6.07 Å². The number of aryl methyl sites for hydroxylation is 1. The lowest BCUT2D eigenvalue weighted by Gasteiger charge is -2.06. The standard InChI is InChI=1S/C18H20N2O/c1-4-8-15-9-5-6-10-18(15)19-13(2)16-11-7-12-17(20-16)14(3)21/h5-7,9-12H,4,8H2,1-3H3. The zero-order valence-electron chi connectivity index (χ0n) is 12.8. The molecule has 1 aromatic carbocycles.